The van der Waals surface area contributed by atoms with Crippen LogP contribution in [0.15, 0.2) is 84.9 Å². The van der Waals surface area contributed by atoms with Crippen LogP contribution in [0.4, 0.5) is 0 Å². The van der Waals surface area contributed by atoms with Crippen molar-refractivity contribution in [3.63, 3.8) is 0 Å². The Morgan fingerprint density at radius 3 is 2.14 bits per heavy atom. The molecule has 0 bridgehead atoms. The van der Waals surface area contributed by atoms with Crippen LogP contribution in [-0.2, 0) is 10.4 Å². The zero-order valence-electron chi connectivity index (χ0n) is 21.6. The fourth-order valence-corrected chi connectivity index (χ4v) is 5.44. The Bertz CT molecular complexity index is 1150. The Hall–Kier alpha value is -2.42. The molecule has 1 fully saturated rings. The predicted octanol–water partition coefficient (Wildman–Crippen LogP) is 4.95. The number of hydrogen-bond acceptors (Lipinski definition) is 3. The van der Waals surface area contributed by atoms with Gasteiger partial charge in [0.05, 0.1) is 5.52 Å². The average molecular weight is 475 g/mol. The summed E-state index contributed by atoms with van der Waals surface area (Å²) in [7, 11) is 0. The van der Waals surface area contributed by atoms with Crippen molar-refractivity contribution in [2.75, 3.05) is 0 Å². The molecule has 0 spiro atoms. The first-order valence-corrected chi connectivity index (χ1v) is 13.1. The zero-order valence-corrected chi connectivity index (χ0v) is 21.6. The Morgan fingerprint density at radius 2 is 1.50 bits per heavy atom. The third-order valence-electron chi connectivity index (χ3n) is 7.38. The Balaban J connectivity index is 0.00000304. The largest absolute Gasteiger partial charge is 1.00 e. The molecule has 36 heavy (non-hydrogen) atoms. The van der Waals surface area contributed by atoms with Crippen LogP contribution < -0.4 is 18.9 Å². The Morgan fingerprint density at radius 1 is 0.889 bits per heavy atom. The minimum absolute atomic E-state index is 0. The van der Waals surface area contributed by atoms with Crippen LogP contribution in [0.5, 0.6) is 0 Å². The van der Waals surface area contributed by atoms with Crippen LogP contribution in [0, 0.1) is 5.92 Å². The average Bonchev–Trinajstić information content (AvgIpc) is 3.36. The molecule has 4 aromatic rings. The van der Waals surface area contributed by atoms with Gasteiger partial charge in [-0.1, -0.05) is 140 Å². The quantitative estimate of drug-likeness (QED) is 0.241. The molecule has 5 rings (SSSR count). The molecule has 5 nitrogen and oxygen atoms in total. The molecule has 1 atom stereocenters. The van der Waals surface area contributed by atoms with Gasteiger partial charge >= 0.3 is 18.9 Å². The van der Waals surface area contributed by atoms with Gasteiger partial charge in [0.2, 0.25) is 0 Å². The second kappa shape index (κ2) is 12.7. The maximum Gasteiger partial charge on any atom is 1.00 e. The molecule has 1 heterocycles. The summed E-state index contributed by atoms with van der Waals surface area (Å²) >= 11 is 0. The van der Waals surface area contributed by atoms with Crippen molar-refractivity contribution in [2.45, 2.75) is 70.1 Å². The number of benzene rings is 3. The van der Waals surface area contributed by atoms with Crippen LogP contribution in [0.1, 0.15) is 75.6 Å². The van der Waals surface area contributed by atoms with Crippen molar-refractivity contribution in [2.24, 2.45) is 5.92 Å². The number of unbranched alkanes of at least 4 members (excludes halogenated alkanes) is 1. The summed E-state index contributed by atoms with van der Waals surface area (Å²) in [6, 6.07) is 29.3. The number of fused-ring (bicyclic) bond motifs is 1. The minimum atomic E-state index is -0.582. The summed E-state index contributed by atoms with van der Waals surface area (Å²) in [5, 5.41) is 9.00. The van der Waals surface area contributed by atoms with Crippen LogP contribution in [0.25, 0.3) is 16.5 Å². The van der Waals surface area contributed by atoms with Crippen molar-refractivity contribution in [1.82, 2.24) is 15.0 Å². The summed E-state index contributed by atoms with van der Waals surface area (Å²) < 4.78 is 1.97. The molecular weight excluding hydrogens is 439 g/mol. The van der Waals surface area contributed by atoms with Crippen LogP contribution in [0.2, 0.25) is 0 Å². The summed E-state index contributed by atoms with van der Waals surface area (Å²) in [4.78, 5) is 6.69. The first-order valence-electron chi connectivity index (χ1n) is 13.1. The third-order valence-corrected chi connectivity index (χ3v) is 7.38. The van der Waals surface area contributed by atoms with Gasteiger partial charge in [0.1, 0.15) is 11.7 Å². The number of hydrogen-bond donors (Lipinski definition) is 0. The predicted molar refractivity (Wildman–Crippen MR) is 141 cm³/mol. The molecule has 6 heteroatoms. The van der Waals surface area contributed by atoms with Gasteiger partial charge in [-0.05, 0) is 25.0 Å². The zero-order chi connectivity index (χ0) is 23.9. The van der Waals surface area contributed by atoms with Gasteiger partial charge in [-0.3, -0.25) is 0 Å². The Kier molecular flexibility index (Phi) is 9.40. The van der Waals surface area contributed by atoms with Crippen molar-refractivity contribution < 1.29 is 23.7 Å². The van der Waals surface area contributed by atoms with E-state index in [0.717, 1.165) is 54.3 Å². The SMILES string of the molecule is CCCCC([N-]OC(C1CCCCC1)n1nnc2ccccc21)(c1ccccc1)c1ccccc1.[Li+]. The standard InChI is InChI=1S/C30H35N4O.Li/c1-2-3-23-30(25-17-9-5-10-18-25,26-19-11-6-12-20-26)32-35-29(24-15-7-4-8-16-24)34-28-22-14-13-21-27(28)31-33-34;/h5-6,9-14,17-22,24,29H,2-4,7-8,15-16,23H2,1H3;/q-1;+1. The third kappa shape index (κ3) is 5.60. The van der Waals surface area contributed by atoms with E-state index in [1.54, 1.807) is 0 Å². The fourth-order valence-electron chi connectivity index (χ4n) is 5.44. The maximum atomic E-state index is 6.69. The number of hydroxylamine groups is 1. The molecule has 1 unspecified atom stereocenters. The molecule has 1 aliphatic rings. The topological polar surface area (TPSA) is 54.0 Å². The van der Waals surface area contributed by atoms with E-state index in [1.807, 2.05) is 22.9 Å². The molecule has 0 N–H and O–H groups in total. The van der Waals surface area contributed by atoms with Crippen LogP contribution in [0.3, 0.4) is 0 Å². The second-order valence-corrected chi connectivity index (χ2v) is 9.70. The monoisotopic (exact) mass is 474 g/mol. The molecule has 182 valence electrons. The summed E-state index contributed by atoms with van der Waals surface area (Å²) in [5.41, 5.74) is 8.80. The van der Waals surface area contributed by atoms with E-state index >= 15 is 0 Å². The maximum absolute atomic E-state index is 6.69. The number of aromatic nitrogens is 3. The van der Waals surface area contributed by atoms with Crippen molar-refractivity contribution in [3.05, 3.63) is 102 Å². The van der Waals surface area contributed by atoms with Gasteiger partial charge in [-0.25, -0.2) is 4.68 Å². The number of nitrogens with zero attached hydrogens (tertiary/aromatic N) is 4. The summed E-state index contributed by atoms with van der Waals surface area (Å²) in [6.45, 7) is 2.23. The van der Waals surface area contributed by atoms with E-state index in [0.29, 0.717) is 5.92 Å². The van der Waals surface area contributed by atoms with E-state index in [1.165, 1.54) is 19.3 Å². The van der Waals surface area contributed by atoms with E-state index in [2.05, 4.69) is 84.0 Å². The van der Waals surface area contributed by atoms with E-state index in [4.69, 9.17) is 10.3 Å². The van der Waals surface area contributed by atoms with Gasteiger partial charge in [0.15, 0.2) is 0 Å². The first kappa shape index (κ1) is 26.6. The molecule has 1 aromatic heterocycles. The van der Waals surface area contributed by atoms with Gasteiger partial charge in [-0.15, -0.1) is 5.10 Å². The summed E-state index contributed by atoms with van der Waals surface area (Å²) in [6.07, 6.45) is 8.70. The molecular formula is C30H35LiN4O. The van der Waals surface area contributed by atoms with Crippen molar-refractivity contribution in [3.8, 4) is 0 Å². The number of rotatable bonds is 10. The molecule has 1 saturated carbocycles. The van der Waals surface area contributed by atoms with E-state index in [9.17, 15) is 0 Å². The van der Waals surface area contributed by atoms with E-state index in [-0.39, 0.29) is 25.1 Å². The molecule has 3 aromatic carbocycles. The van der Waals surface area contributed by atoms with Gasteiger partial charge in [0.25, 0.3) is 0 Å². The molecule has 0 aliphatic heterocycles. The van der Waals surface area contributed by atoms with Crippen LogP contribution >= 0.6 is 0 Å². The van der Waals surface area contributed by atoms with Gasteiger partial charge in [0, 0.05) is 5.92 Å². The van der Waals surface area contributed by atoms with Crippen molar-refractivity contribution in [1.29, 1.82) is 0 Å². The minimum Gasteiger partial charge on any atom is -0.519 e. The molecule has 0 saturated heterocycles. The second-order valence-electron chi connectivity index (χ2n) is 9.70. The normalized spacial score (nSPS) is 15.5. The number of para-hydroxylation sites is 1. The summed E-state index contributed by atoms with van der Waals surface area (Å²) in [5.74, 6) is 0.355. The van der Waals surface area contributed by atoms with Gasteiger partial charge in [-0.2, -0.15) is 0 Å². The fraction of sp³-hybridized carbons (Fsp3) is 0.400. The van der Waals surface area contributed by atoms with Crippen molar-refractivity contribution >= 4 is 11.0 Å². The van der Waals surface area contributed by atoms with E-state index < -0.39 is 5.54 Å². The molecule has 0 amide bonds. The molecule has 0 radical (unpaired) electrons. The Labute approximate surface area is 226 Å². The first-order chi connectivity index (χ1) is 17.3. The van der Waals surface area contributed by atoms with Crippen LogP contribution in [-0.4, -0.2) is 15.0 Å². The smallest absolute Gasteiger partial charge is 0.519 e. The molecule has 1 aliphatic carbocycles. The van der Waals surface area contributed by atoms with Gasteiger partial charge < -0.3 is 10.3 Å².